The van der Waals surface area contributed by atoms with E-state index in [-0.39, 0.29) is 5.91 Å². The summed E-state index contributed by atoms with van der Waals surface area (Å²) in [6, 6.07) is 16.9. The number of hydrogen-bond acceptors (Lipinski definition) is 3. The molecule has 2 aromatic carbocycles. The Morgan fingerprint density at radius 1 is 1.00 bits per heavy atom. The molecule has 106 valence electrons. The smallest absolute Gasteiger partial charge is 0.261 e. The maximum absolute atomic E-state index is 12.6. The maximum atomic E-state index is 12.6. The minimum atomic E-state index is -0.995. The monoisotopic (exact) mass is 298 g/mol. The van der Waals surface area contributed by atoms with Gasteiger partial charge in [-0.05, 0) is 35.5 Å². The number of methoxy groups -OCH3 is 1. The van der Waals surface area contributed by atoms with Crippen LogP contribution in [-0.4, -0.2) is 18.1 Å². The molecule has 1 heterocycles. The van der Waals surface area contributed by atoms with Crippen LogP contribution < -0.4 is 15.4 Å². The molecule has 1 aliphatic rings. The van der Waals surface area contributed by atoms with Crippen LogP contribution in [0.3, 0.4) is 0 Å². The first-order chi connectivity index (χ1) is 10.2. The highest BCUT2D eigenvalue weighted by molar-refractivity contribution is 7.80. The lowest BCUT2D eigenvalue weighted by Crippen LogP contribution is -2.44. The molecule has 4 nitrogen and oxygen atoms in total. The third kappa shape index (κ3) is 2.15. The van der Waals surface area contributed by atoms with E-state index in [0.29, 0.717) is 5.11 Å². The lowest BCUT2D eigenvalue weighted by molar-refractivity contribution is -0.122. The number of thiocarbonyl (C=S) groups is 1. The zero-order valence-electron chi connectivity index (χ0n) is 11.4. The van der Waals surface area contributed by atoms with Crippen LogP contribution >= 0.6 is 12.2 Å². The number of rotatable bonds is 3. The molecule has 1 atom stereocenters. The fraction of sp³-hybridized carbons (Fsp3) is 0.125. The van der Waals surface area contributed by atoms with Gasteiger partial charge >= 0.3 is 0 Å². The van der Waals surface area contributed by atoms with Gasteiger partial charge in [-0.2, -0.15) is 0 Å². The Bertz CT molecular complexity index is 685. The number of benzene rings is 2. The summed E-state index contributed by atoms with van der Waals surface area (Å²) < 4.78 is 5.17. The fourth-order valence-electron chi connectivity index (χ4n) is 2.56. The summed E-state index contributed by atoms with van der Waals surface area (Å²) in [4.78, 5) is 12.6. The van der Waals surface area contributed by atoms with E-state index >= 15 is 0 Å². The number of amides is 1. The van der Waals surface area contributed by atoms with Crippen molar-refractivity contribution < 1.29 is 9.53 Å². The van der Waals surface area contributed by atoms with Crippen LogP contribution in [0, 0.1) is 0 Å². The van der Waals surface area contributed by atoms with Gasteiger partial charge in [0.25, 0.3) is 5.91 Å². The SMILES string of the molecule is COc1ccc(C2(c3ccccc3)NC(=S)NC2=O)cc1. The van der Waals surface area contributed by atoms with Gasteiger partial charge in [0, 0.05) is 0 Å². The molecule has 21 heavy (non-hydrogen) atoms. The molecule has 5 heteroatoms. The van der Waals surface area contributed by atoms with Crippen LogP contribution in [0.25, 0.3) is 0 Å². The Labute approximate surface area is 128 Å². The second-order valence-corrected chi connectivity index (χ2v) is 5.16. The van der Waals surface area contributed by atoms with Crippen molar-refractivity contribution in [2.45, 2.75) is 5.54 Å². The van der Waals surface area contributed by atoms with E-state index in [9.17, 15) is 4.79 Å². The number of hydrogen-bond donors (Lipinski definition) is 2. The lowest BCUT2D eigenvalue weighted by Gasteiger charge is -2.27. The molecule has 1 unspecified atom stereocenters. The molecule has 0 saturated carbocycles. The first-order valence-corrected chi connectivity index (χ1v) is 6.91. The van der Waals surface area contributed by atoms with Gasteiger partial charge < -0.3 is 15.4 Å². The Kier molecular flexibility index (Phi) is 3.35. The first kappa shape index (κ1) is 13.6. The van der Waals surface area contributed by atoms with Crippen LogP contribution in [0.2, 0.25) is 0 Å². The molecule has 1 fully saturated rings. The van der Waals surface area contributed by atoms with Crippen molar-refractivity contribution in [3.8, 4) is 5.75 Å². The quantitative estimate of drug-likeness (QED) is 0.850. The minimum absolute atomic E-state index is 0.177. The van der Waals surface area contributed by atoms with Gasteiger partial charge in [0.1, 0.15) is 5.75 Å². The van der Waals surface area contributed by atoms with Gasteiger partial charge in [-0.25, -0.2) is 0 Å². The van der Waals surface area contributed by atoms with Crippen LogP contribution in [0.5, 0.6) is 5.75 Å². The second kappa shape index (κ2) is 5.18. The Morgan fingerprint density at radius 2 is 1.62 bits per heavy atom. The van der Waals surface area contributed by atoms with Crippen molar-refractivity contribution in [1.82, 2.24) is 10.6 Å². The molecule has 0 bridgehead atoms. The van der Waals surface area contributed by atoms with Gasteiger partial charge in [-0.15, -0.1) is 0 Å². The highest BCUT2D eigenvalue weighted by atomic mass is 32.1. The number of carbonyl (C=O) groups excluding carboxylic acids is 1. The lowest BCUT2D eigenvalue weighted by atomic mass is 9.83. The largest absolute Gasteiger partial charge is 0.497 e. The van der Waals surface area contributed by atoms with Gasteiger partial charge in [0.15, 0.2) is 10.7 Å². The molecule has 0 aliphatic carbocycles. The van der Waals surface area contributed by atoms with E-state index in [4.69, 9.17) is 17.0 Å². The van der Waals surface area contributed by atoms with E-state index in [1.165, 1.54) is 0 Å². The second-order valence-electron chi connectivity index (χ2n) is 4.75. The average molecular weight is 298 g/mol. The van der Waals surface area contributed by atoms with Crippen molar-refractivity contribution in [3.63, 3.8) is 0 Å². The van der Waals surface area contributed by atoms with Gasteiger partial charge in [-0.1, -0.05) is 42.5 Å². The predicted molar refractivity (Wildman–Crippen MR) is 84.1 cm³/mol. The van der Waals surface area contributed by atoms with E-state index in [1.807, 2.05) is 54.6 Å². The highest BCUT2D eigenvalue weighted by Gasteiger charge is 2.47. The van der Waals surface area contributed by atoms with Crippen molar-refractivity contribution in [3.05, 3.63) is 65.7 Å². The zero-order chi connectivity index (χ0) is 14.9. The van der Waals surface area contributed by atoms with Crippen molar-refractivity contribution >= 4 is 23.2 Å². The Morgan fingerprint density at radius 3 is 2.14 bits per heavy atom. The number of carbonyl (C=O) groups is 1. The third-order valence-corrected chi connectivity index (χ3v) is 3.80. The van der Waals surface area contributed by atoms with E-state index < -0.39 is 5.54 Å². The normalized spacial score (nSPS) is 20.8. The molecule has 2 aromatic rings. The van der Waals surface area contributed by atoms with E-state index in [2.05, 4.69) is 10.6 Å². The Balaban J connectivity index is 2.17. The summed E-state index contributed by atoms with van der Waals surface area (Å²) in [6.45, 7) is 0. The van der Waals surface area contributed by atoms with Crippen LogP contribution in [-0.2, 0) is 10.3 Å². The Hall–Kier alpha value is -2.40. The van der Waals surface area contributed by atoms with Crippen LogP contribution in [0.1, 0.15) is 11.1 Å². The molecule has 1 saturated heterocycles. The first-order valence-electron chi connectivity index (χ1n) is 6.50. The standard InChI is InChI=1S/C16H14N2O2S/c1-20-13-9-7-12(8-10-13)16(11-5-3-2-4-6-11)14(19)17-15(21)18-16/h2-10H,1H3,(H2,17,18,19,21). The molecule has 1 aliphatic heterocycles. The molecular weight excluding hydrogens is 284 g/mol. The summed E-state index contributed by atoms with van der Waals surface area (Å²) in [6.07, 6.45) is 0. The summed E-state index contributed by atoms with van der Waals surface area (Å²) in [5.41, 5.74) is 0.657. The van der Waals surface area contributed by atoms with Gasteiger partial charge in [-0.3, -0.25) is 4.79 Å². The molecule has 0 radical (unpaired) electrons. The maximum Gasteiger partial charge on any atom is 0.261 e. The van der Waals surface area contributed by atoms with Crippen LogP contribution in [0.15, 0.2) is 54.6 Å². The summed E-state index contributed by atoms with van der Waals surface area (Å²) in [7, 11) is 1.61. The number of ether oxygens (including phenoxy) is 1. The predicted octanol–water partition coefficient (Wildman–Crippen LogP) is 1.94. The fourth-order valence-corrected chi connectivity index (χ4v) is 2.80. The zero-order valence-corrected chi connectivity index (χ0v) is 12.2. The topological polar surface area (TPSA) is 50.4 Å². The minimum Gasteiger partial charge on any atom is -0.497 e. The van der Waals surface area contributed by atoms with E-state index in [0.717, 1.165) is 16.9 Å². The highest BCUT2D eigenvalue weighted by Crippen LogP contribution is 2.33. The van der Waals surface area contributed by atoms with Crippen LogP contribution in [0.4, 0.5) is 0 Å². The molecule has 0 aromatic heterocycles. The molecule has 1 amide bonds. The van der Waals surface area contributed by atoms with E-state index in [1.54, 1.807) is 7.11 Å². The summed E-state index contributed by atoms with van der Waals surface area (Å²) in [5.74, 6) is 0.562. The molecule has 0 spiro atoms. The van der Waals surface area contributed by atoms with Crippen molar-refractivity contribution in [2.75, 3.05) is 7.11 Å². The number of nitrogens with one attached hydrogen (secondary N) is 2. The van der Waals surface area contributed by atoms with Crippen molar-refractivity contribution in [2.24, 2.45) is 0 Å². The average Bonchev–Trinajstić information content (AvgIpc) is 2.84. The molecule has 3 rings (SSSR count). The summed E-state index contributed by atoms with van der Waals surface area (Å²) in [5, 5.41) is 6.13. The summed E-state index contributed by atoms with van der Waals surface area (Å²) >= 11 is 5.13. The van der Waals surface area contributed by atoms with Crippen molar-refractivity contribution in [1.29, 1.82) is 0 Å². The molecule has 2 N–H and O–H groups in total. The van der Waals surface area contributed by atoms with Gasteiger partial charge in [0.2, 0.25) is 0 Å². The molecular formula is C16H14N2O2S. The van der Waals surface area contributed by atoms with Gasteiger partial charge in [0.05, 0.1) is 7.11 Å². The third-order valence-electron chi connectivity index (χ3n) is 3.60.